The molecule has 0 N–H and O–H groups in total. The predicted molar refractivity (Wildman–Crippen MR) is 269 cm³/mol. The smallest absolute Gasteiger partial charge is 0.344 e. The van der Waals surface area contributed by atoms with Gasteiger partial charge in [0.2, 0.25) is 0 Å². The second kappa shape index (κ2) is 32.3. The number of hydrogen-bond acceptors (Lipinski definition) is 6. The van der Waals surface area contributed by atoms with E-state index >= 15 is 0 Å². The van der Waals surface area contributed by atoms with E-state index in [0.717, 1.165) is 22.6 Å². The third kappa shape index (κ3) is 20.2. The predicted octanol–water partition coefficient (Wildman–Crippen LogP) is 18.5. The van der Waals surface area contributed by atoms with Crippen LogP contribution in [0.1, 0.15) is 254 Å². The van der Waals surface area contributed by atoms with Crippen molar-refractivity contribution < 1.29 is 19.1 Å². The van der Waals surface area contributed by atoms with Crippen LogP contribution in [0.25, 0.3) is 11.5 Å². The highest BCUT2D eigenvalue weighted by Crippen LogP contribution is 2.38. The molecule has 4 heterocycles. The van der Waals surface area contributed by atoms with Gasteiger partial charge in [0.25, 0.3) is 0 Å². The van der Waals surface area contributed by atoms with Gasteiger partial charge in [0, 0.05) is 0 Å². The Bertz CT molecular complexity index is 1500. The van der Waals surface area contributed by atoms with E-state index in [-0.39, 0.29) is 0 Å². The fraction of sp³-hybridized carbons (Fsp3) is 0.714. The van der Waals surface area contributed by atoms with Crippen molar-refractivity contribution in [2.24, 2.45) is 11.8 Å². The lowest BCUT2D eigenvalue weighted by molar-refractivity contribution is -0.133. The van der Waals surface area contributed by atoms with Crippen molar-refractivity contribution in [2.45, 2.75) is 246 Å². The summed E-state index contributed by atoms with van der Waals surface area (Å²) in [4.78, 5) is 28.5. The van der Waals surface area contributed by atoms with Gasteiger partial charge < -0.3 is 9.47 Å². The summed E-state index contributed by atoms with van der Waals surface area (Å²) in [7, 11) is 0. The van der Waals surface area contributed by atoms with Gasteiger partial charge in [0.1, 0.15) is 11.5 Å². The number of carbonyl (C=O) groups excluding carboxylic acids is 2. The van der Waals surface area contributed by atoms with Gasteiger partial charge in [0.15, 0.2) is 0 Å². The molecule has 62 heavy (non-hydrogen) atoms. The molecular weight excluding hydrogens is 801 g/mol. The molecular formula is C56H88O4S2. The normalized spacial score (nSPS) is 16.2. The Morgan fingerprint density at radius 2 is 0.677 bits per heavy atom. The Hall–Kier alpha value is -2.44. The lowest BCUT2D eigenvalue weighted by Crippen LogP contribution is -2.05. The maximum atomic E-state index is 13.3. The van der Waals surface area contributed by atoms with E-state index in [9.17, 15) is 9.59 Å². The van der Waals surface area contributed by atoms with Crippen LogP contribution in [0.5, 0.6) is 0 Å². The quantitative estimate of drug-likeness (QED) is 0.0383. The Morgan fingerprint density at radius 3 is 0.968 bits per heavy atom. The molecule has 348 valence electrons. The molecule has 4 rings (SSSR count). The van der Waals surface area contributed by atoms with E-state index in [1.807, 2.05) is 0 Å². The summed E-state index contributed by atoms with van der Waals surface area (Å²) in [5, 5.41) is 4.50. The maximum Gasteiger partial charge on any atom is 0.344 e. The number of carbonyl (C=O) groups is 2. The Morgan fingerprint density at radius 1 is 0.403 bits per heavy atom. The standard InChI is InChI=1S/C56H88O4S2/c1-5-9-13-17-21-23-27-31-35-45(33-29-25-19-15-11-7-3)37-47-39-53(61-43-47)51-41-49(55(57)59-51)50-42-52(60-56(50)58)54-40-48(44-62-54)38-46(34-30-26-20-16-12-8-4)36-32-28-24-22-18-14-10-6-2/h39-46H,5-38H2,1-4H3/b50-49-. The molecule has 0 fully saturated rings. The average molecular weight is 889 g/mol. The molecule has 4 nitrogen and oxygen atoms in total. The number of esters is 2. The van der Waals surface area contributed by atoms with Gasteiger partial charge >= 0.3 is 11.9 Å². The minimum atomic E-state index is -0.472. The molecule has 2 aliphatic rings. The summed E-state index contributed by atoms with van der Waals surface area (Å²) >= 11 is 3.28. The third-order valence-electron chi connectivity index (χ3n) is 13.4. The van der Waals surface area contributed by atoms with Gasteiger partial charge in [-0.2, -0.15) is 0 Å². The molecule has 6 heteroatoms. The van der Waals surface area contributed by atoms with Gasteiger partial charge in [0.05, 0.1) is 20.9 Å². The second-order valence-electron chi connectivity index (χ2n) is 19.0. The Balaban J connectivity index is 1.35. The Kier molecular flexibility index (Phi) is 27.1. The molecule has 0 saturated carbocycles. The fourth-order valence-electron chi connectivity index (χ4n) is 9.51. The monoisotopic (exact) mass is 889 g/mol. The average Bonchev–Trinajstić information content (AvgIpc) is 4.09. The highest BCUT2D eigenvalue weighted by atomic mass is 32.1. The first-order valence-corrected chi connectivity index (χ1v) is 28.0. The van der Waals surface area contributed by atoms with Crippen LogP contribution in [0, 0.1) is 11.8 Å². The second-order valence-corrected chi connectivity index (χ2v) is 20.9. The number of cyclic esters (lactones) is 2. The molecule has 0 saturated heterocycles. The number of ether oxygens (including phenoxy) is 2. The number of thiophene rings is 2. The van der Waals surface area contributed by atoms with E-state index in [4.69, 9.17) is 9.47 Å². The molecule has 0 radical (unpaired) electrons. The van der Waals surface area contributed by atoms with E-state index in [1.54, 1.807) is 34.8 Å². The first-order valence-electron chi connectivity index (χ1n) is 26.2. The minimum Gasteiger partial charge on any atom is -0.421 e. The van der Waals surface area contributed by atoms with Gasteiger partial charge in [-0.15, -0.1) is 22.7 Å². The molecule has 2 unspecified atom stereocenters. The van der Waals surface area contributed by atoms with E-state index < -0.39 is 11.9 Å². The number of unbranched alkanes of at least 4 members (excludes halogenated alkanes) is 24. The van der Waals surface area contributed by atoms with Gasteiger partial charge in [-0.1, -0.05) is 233 Å². The largest absolute Gasteiger partial charge is 0.421 e. The summed E-state index contributed by atoms with van der Waals surface area (Å²) in [5.41, 5.74) is 3.27. The highest BCUT2D eigenvalue weighted by molar-refractivity contribution is 7.11. The van der Waals surface area contributed by atoms with Crippen molar-refractivity contribution in [3.05, 3.63) is 67.1 Å². The minimum absolute atomic E-state index is 0.298. The van der Waals surface area contributed by atoms with Crippen molar-refractivity contribution in [2.75, 3.05) is 0 Å². The molecule has 2 atom stereocenters. The summed E-state index contributed by atoms with van der Waals surface area (Å²) in [6.07, 6.45) is 48.7. The molecule has 0 amide bonds. The number of rotatable bonds is 38. The van der Waals surface area contributed by atoms with Crippen LogP contribution >= 0.6 is 22.7 Å². The van der Waals surface area contributed by atoms with Crippen LogP contribution < -0.4 is 0 Å². The van der Waals surface area contributed by atoms with Crippen LogP contribution in [0.3, 0.4) is 0 Å². The molecule has 2 aromatic rings. The van der Waals surface area contributed by atoms with E-state index in [1.165, 1.54) is 217 Å². The lowest BCUT2D eigenvalue weighted by atomic mass is 9.89. The van der Waals surface area contributed by atoms with Crippen LogP contribution in [0.2, 0.25) is 0 Å². The van der Waals surface area contributed by atoms with E-state index in [2.05, 4.69) is 50.6 Å². The Labute approximate surface area is 388 Å². The zero-order valence-electron chi connectivity index (χ0n) is 40.1. The molecule has 0 aromatic carbocycles. The van der Waals surface area contributed by atoms with Gasteiger partial charge in [-0.25, -0.2) is 9.59 Å². The van der Waals surface area contributed by atoms with Crippen molar-refractivity contribution in [1.82, 2.24) is 0 Å². The summed E-state index contributed by atoms with van der Waals surface area (Å²) in [6, 6.07) is 4.43. The third-order valence-corrected chi connectivity index (χ3v) is 15.4. The lowest BCUT2D eigenvalue weighted by Gasteiger charge is -2.16. The van der Waals surface area contributed by atoms with Crippen LogP contribution in [0.4, 0.5) is 0 Å². The van der Waals surface area contributed by atoms with Crippen molar-refractivity contribution in [1.29, 1.82) is 0 Å². The first-order chi connectivity index (χ1) is 30.4. The molecule has 0 aliphatic carbocycles. The van der Waals surface area contributed by atoms with Gasteiger partial charge in [-0.3, -0.25) is 0 Å². The van der Waals surface area contributed by atoms with Crippen molar-refractivity contribution >= 4 is 46.1 Å². The van der Waals surface area contributed by atoms with E-state index in [0.29, 0.717) is 34.5 Å². The molecule has 0 spiro atoms. The summed E-state index contributed by atoms with van der Waals surface area (Å²) < 4.78 is 11.7. The van der Waals surface area contributed by atoms with Gasteiger partial charge in [-0.05, 0) is 70.8 Å². The van der Waals surface area contributed by atoms with Crippen molar-refractivity contribution in [3.8, 4) is 0 Å². The zero-order valence-corrected chi connectivity index (χ0v) is 41.7. The first kappa shape index (κ1) is 52.2. The zero-order chi connectivity index (χ0) is 44.0. The molecule has 0 bridgehead atoms. The summed E-state index contributed by atoms with van der Waals surface area (Å²) in [6.45, 7) is 9.15. The van der Waals surface area contributed by atoms with Crippen molar-refractivity contribution in [3.63, 3.8) is 0 Å². The molecule has 2 aromatic heterocycles. The topological polar surface area (TPSA) is 52.6 Å². The SMILES string of the molecule is CCCCCCCCCCC(CCCCCCCC)Cc1csc(C2=C/C(=C3\C=C(c4cc(CC(CCCCCCCC)CCCCCCCCCC)cs4)OC3=O)C(=O)O2)c1. The highest BCUT2D eigenvalue weighted by Gasteiger charge is 2.33. The maximum absolute atomic E-state index is 13.3. The van der Waals surface area contributed by atoms with Crippen LogP contribution in [-0.2, 0) is 31.9 Å². The fourth-order valence-corrected chi connectivity index (χ4v) is 11.3. The van der Waals surface area contributed by atoms with Crippen LogP contribution in [0.15, 0.2) is 46.2 Å². The van der Waals surface area contributed by atoms with Crippen LogP contribution in [-0.4, -0.2) is 11.9 Å². The number of hydrogen-bond donors (Lipinski definition) is 0. The molecule has 2 aliphatic heterocycles. The summed E-state index contributed by atoms with van der Waals surface area (Å²) in [5.74, 6) is 1.53.